The molecular formula is C20H16. The minimum Gasteiger partial charge on any atom is -0.0616 e. The first kappa shape index (κ1) is 11.5. The van der Waals surface area contributed by atoms with Crippen molar-refractivity contribution < 1.29 is 0 Å². The fourth-order valence-corrected chi connectivity index (χ4v) is 3.37. The van der Waals surface area contributed by atoms with E-state index < -0.39 is 0 Å². The van der Waals surface area contributed by atoms with Crippen molar-refractivity contribution in [2.24, 2.45) is 0 Å². The van der Waals surface area contributed by atoms with Gasteiger partial charge in [-0.15, -0.1) is 0 Å². The molecule has 4 aromatic carbocycles. The SMILES string of the molecule is Cc1cc2c3ccccc3cc(C)c2c2ccccc12. The third kappa shape index (κ3) is 1.48. The van der Waals surface area contributed by atoms with Gasteiger partial charge in [-0.3, -0.25) is 0 Å². The molecule has 0 fully saturated rings. The summed E-state index contributed by atoms with van der Waals surface area (Å²) in [5, 5.41) is 8.17. The first-order valence-corrected chi connectivity index (χ1v) is 7.06. The Morgan fingerprint density at radius 2 is 1.20 bits per heavy atom. The standard InChI is InChI=1S/C20H16/c1-13-12-19-17-9-4-3-7-15(17)11-14(2)20(19)18-10-6-5-8-16(13)18/h3-12H,1-2H3. The van der Waals surface area contributed by atoms with Crippen LogP contribution < -0.4 is 0 Å². The third-order valence-corrected chi connectivity index (χ3v) is 4.27. The second kappa shape index (κ2) is 4.08. The van der Waals surface area contributed by atoms with Crippen LogP contribution in [0.25, 0.3) is 32.3 Å². The van der Waals surface area contributed by atoms with E-state index in [1.165, 1.54) is 43.4 Å². The Morgan fingerprint density at radius 1 is 0.550 bits per heavy atom. The van der Waals surface area contributed by atoms with Crippen LogP contribution >= 0.6 is 0 Å². The lowest BCUT2D eigenvalue weighted by Gasteiger charge is -2.12. The van der Waals surface area contributed by atoms with Gasteiger partial charge in [-0.1, -0.05) is 60.7 Å². The van der Waals surface area contributed by atoms with Crippen LogP contribution in [-0.4, -0.2) is 0 Å². The highest BCUT2D eigenvalue weighted by Gasteiger charge is 2.09. The largest absolute Gasteiger partial charge is 0.0616 e. The van der Waals surface area contributed by atoms with Gasteiger partial charge in [0.1, 0.15) is 0 Å². The molecule has 0 aliphatic rings. The molecule has 0 radical (unpaired) electrons. The smallest absolute Gasteiger partial charge is 0.00695 e. The van der Waals surface area contributed by atoms with Crippen LogP contribution in [0.3, 0.4) is 0 Å². The lowest BCUT2D eigenvalue weighted by molar-refractivity contribution is 1.53. The molecule has 0 N–H and O–H groups in total. The first-order chi connectivity index (χ1) is 9.75. The molecular weight excluding hydrogens is 240 g/mol. The van der Waals surface area contributed by atoms with Crippen molar-refractivity contribution in [2.45, 2.75) is 13.8 Å². The molecule has 96 valence electrons. The Kier molecular flexibility index (Phi) is 2.34. The van der Waals surface area contributed by atoms with Crippen molar-refractivity contribution >= 4 is 32.3 Å². The zero-order chi connectivity index (χ0) is 13.7. The van der Waals surface area contributed by atoms with E-state index in [-0.39, 0.29) is 0 Å². The Bertz CT molecular complexity index is 962. The lowest BCUT2D eigenvalue weighted by atomic mass is 9.91. The van der Waals surface area contributed by atoms with Crippen molar-refractivity contribution in [1.82, 2.24) is 0 Å². The van der Waals surface area contributed by atoms with Gasteiger partial charge < -0.3 is 0 Å². The molecule has 0 saturated heterocycles. The number of hydrogen-bond acceptors (Lipinski definition) is 0. The van der Waals surface area contributed by atoms with E-state index in [0.29, 0.717) is 0 Å². The van der Waals surface area contributed by atoms with Gasteiger partial charge in [-0.2, -0.15) is 0 Å². The van der Waals surface area contributed by atoms with Crippen molar-refractivity contribution in [2.75, 3.05) is 0 Å². The minimum absolute atomic E-state index is 1.33. The number of aryl methyl sites for hydroxylation is 2. The maximum atomic E-state index is 2.34. The maximum Gasteiger partial charge on any atom is -0.00695 e. The summed E-state index contributed by atoms with van der Waals surface area (Å²) < 4.78 is 0. The van der Waals surface area contributed by atoms with E-state index >= 15 is 0 Å². The summed E-state index contributed by atoms with van der Waals surface area (Å²) in [4.78, 5) is 0. The van der Waals surface area contributed by atoms with Crippen molar-refractivity contribution in [3.8, 4) is 0 Å². The van der Waals surface area contributed by atoms with E-state index in [2.05, 4.69) is 74.5 Å². The average molecular weight is 256 g/mol. The highest BCUT2D eigenvalue weighted by atomic mass is 14.1. The summed E-state index contributed by atoms with van der Waals surface area (Å²) in [6, 6.07) is 22.0. The maximum absolute atomic E-state index is 2.34. The molecule has 0 nitrogen and oxygen atoms in total. The topological polar surface area (TPSA) is 0 Å². The van der Waals surface area contributed by atoms with E-state index in [1.807, 2.05) is 0 Å². The molecule has 0 atom stereocenters. The second-order valence-electron chi connectivity index (χ2n) is 5.58. The average Bonchev–Trinajstić information content (AvgIpc) is 2.47. The highest BCUT2D eigenvalue weighted by molar-refractivity contribution is 6.19. The summed E-state index contributed by atoms with van der Waals surface area (Å²) in [6.07, 6.45) is 0. The van der Waals surface area contributed by atoms with Gasteiger partial charge in [0, 0.05) is 0 Å². The Labute approximate surface area is 118 Å². The van der Waals surface area contributed by atoms with Gasteiger partial charge in [0.15, 0.2) is 0 Å². The summed E-state index contributed by atoms with van der Waals surface area (Å²) in [6.45, 7) is 4.43. The Hall–Kier alpha value is -2.34. The quantitative estimate of drug-likeness (QED) is 0.351. The molecule has 0 unspecified atom stereocenters. The van der Waals surface area contributed by atoms with Gasteiger partial charge in [0.2, 0.25) is 0 Å². The zero-order valence-electron chi connectivity index (χ0n) is 11.8. The number of benzene rings is 4. The van der Waals surface area contributed by atoms with Gasteiger partial charge in [-0.05, 0) is 57.3 Å². The van der Waals surface area contributed by atoms with Gasteiger partial charge >= 0.3 is 0 Å². The molecule has 4 rings (SSSR count). The van der Waals surface area contributed by atoms with Crippen molar-refractivity contribution in [1.29, 1.82) is 0 Å². The molecule has 0 aromatic heterocycles. The third-order valence-electron chi connectivity index (χ3n) is 4.27. The number of fused-ring (bicyclic) bond motifs is 5. The zero-order valence-corrected chi connectivity index (χ0v) is 11.8. The molecule has 0 aliphatic carbocycles. The molecule has 0 bridgehead atoms. The number of rotatable bonds is 0. The minimum atomic E-state index is 1.33. The van der Waals surface area contributed by atoms with Gasteiger partial charge in [0.25, 0.3) is 0 Å². The van der Waals surface area contributed by atoms with E-state index in [4.69, 9.17) is 0 Å². The Balaban J connectivity index is 2.38. The normalized spacial score (nSPS) is 11.5. The summed E-state index contributed by atoms with van der Waals surface area (Å²) in [5.74, 6) is 0. The van der Waals surface area contributed by atoms with Gasteiger partial charge in [-0.25, -0.2) is 0 Å². The second-order valence-corrected chi connectivity index (χ2v) is 5.58. The summed E-state index contributed by atoms with van der Waals surface area (Å²) in [7, 11) is 0. The fourth-order valence-electron chi connectivity index (χ4n) is 3.37. The fraction of sp³-hybridized carbons (Fsp3) is 0.100. The van der Waals surface area contributed by atoms with Crippen LogP contribution in [0.5, 0.6) is 0 Å². The highest BCUT2D eigenvalue weighted by Crippen LogP contribution is 2.35. The van der Waals surface area contributed by atoms with Crippen LogP contribution in [-0.2, 0) is 0 Å². The summed E-state index contributed by atoms with van der Waals surface area (Å²) in [5.41, 5.74) is 2.71. The monoisotopic (exact) mass is 256 g/mol. The Morgan fingerprint density at radius 3 is 2.00 bits per heavy atom. The molecule has 0 amide bonds. The van der Waals surface area contributed by atoms with Crippen LogP contribution in [0.2, 0.25) is 0 Å². The molecule has 20 heavy (non-hydrogen) atoms. The summed E-state index contributed by atoms with van der Waals surface area (Å²) >= 11 is 0. The number of hydrogen-bond donors (Lipinski definition) is 0. The first-order valence-electron chi connectivity index (χ1n) is 7.06. The molecule has 0 aliphatic heterocycles. The van der Waals surface area contributed by atoms with Crippen molar-refractivity contribution in [3.63, 3.8) is 0 Å². The van der Waals surface area contributed by atoms with Crippen LogP contribution in [0.4, 0.5) is 0 Å². The van der Waals surface area contributed by atoms with Crippen LogP contribution in [0.15, 0.2) is 60.7 Å². The molecule has 4 aromatic rings. The predicted molar refractivity (Wildman–Crippen MR) is 88.4 cm³/mol. The van der Waals surface area contributed by atoms with Crippen LogP contribution in [0.1, 0.15) is 11.1 Å². The lowest BCUT2D eigenvalue weighted by Crippen LogP contribution is -1.87. The van der Waals surface area contributed by atoms with E-state index in [1.54, 1.807) is 0 Å². The van der Waals surface area contributed by atoms with Crippen LogP contribution in [0, 0.1) is 13.8 Å². The van der Waals surface area contributed by atoms with Gasteiger partial charge in [0.05, 0.1) is 0 Å². The molecule has 0 saturated carbocycles. The molecule has 0 heteroatoms. The molecule has 0 heterocycles. The van der Waals surface area contributed by atoms with Crippen molar-refractivity contribution in [3.05, 3.63) is 71.8 Å². The van der Waals surface area contributed by atoms with E-state index in [9.17, 15) is 0 Å². The van der Waals surface area contributed by atoms with E-state index in [0.717, 1.165) is 0 Å². The molecule has 0 spiro atoms. The predicted octanol–water partition coefficient (Wildman–Crippen LogP) is 5.76.